The first-order valence-electron chi connectivity index (χ1n) is 5.03. The lowest BCUT2D eigenvalue weighted by Crippen LogP contribution is -2.18. The van der Waals surface area contributed by atoms with E-state index in [1.165, 1.54) is 7.11 Å². The van der Waals surface area contributed by atoms with Gasteiger partial charge in [-0.2, -0.15) is 0 Å². The summed E-state index contributed by atoms with van der Waals surface area (Å²) in [6, 6.07) is 7.52. The summed E-state index contributed by atoms with van der Waals surface area (Å²) < 4.78 is 10.1. The van der Waals surface area contributed by atoms with E-state index in [2.05, 4.69) is 0 Å². The zero-order valence-electron chi connectivity index (χ0n) is 9.47. The quantitative estimate of drug-likeness (QED) is 0.799. The largest absolute Gasteiger partial charge is 0.497 e. The number of benzene rings is 1. The van der Waals surface area contributed by atoms with Crippen LogP contribution in [0.3, 0.4) is 0 Å². The molecule has 16 heavy (non-hydrogen) atoms. The highest BCUT2D eigenvalue weighted by molar-refractivity contribution is 5.67. The summed E-state index contributed by atoms with van der Waals surface area (Å²) in [5.74, 6) is -0.0590. The lowest BCUT2D eigenvalue weighted by Gasteiger charge is -2.13. The molecule has 0 amide bonds. The van der Waals surface area contributed by atoms with Gasteiger partial charge >= 0.3 is 5.97 Å². The summed E-state index contributed by atoms with van der Waals surface area (Å²) >= 11 is 0. The standard InChI is InChI=1S/C12H16O4/c1-15-10-5-3-9(4-6-10)7-11(16-2)8-12(13)14/h3-6,11H,7-8H2,1-2H3,(H,13,14). The van der Waals surface area contributed by atoms with Gasteiger partial charge in [0.05, 0.1) is 19.6 Å². The van der Waals surface area contributed by atoms with Crippen LogP contribution in [0, 0.1) is 0 Å². The van der Waals surface area contributed by atoms with Crippen LogP contribution in [0.2, 0.25) is 0 Å². The summed E-state index contributed by atoms with van der Waals surface area (Å²) in [6.07, 6.45) is 0.320. The first kappa shape index (κ1) is 12.5. The number of hydrogen-bond acceptors (Lipinski definition) is 3. The third-order valence-electron chi connectivity index (χ3n) is 2.36. The van der Waals surface area contributed by atoms with Crippen molar-refractivity contribution >= 4 is 5.97 Å². The van der Waals surface area contributed by atoms with Crippen molar-refractivity contribution in [2.75, 3.05) is 14.2 Å². The first-order chi connectivity index (χ1) is 7.65. The van der Waals surface area contributed by atoms with E-state index in [4.69, 9.17) is 14.6 Å². The van der Waals surface area contributed by atoms with Crippen molar-refractivity contribution in [1.29, 1.82) is 0 Å². The Balaban J connectivity index is 2.59. The van der Waals surface area contributed by atoms with Gasteiger partial charge in [-0.15, -0.1) is 0 Å². The van der Waals surface area contributed by atoms with Crippen molar-refractivity contribution in [3.63, 3.8) is 0 Å². The second-order valence-corrected chi connectivity index (χ2v) is 3.51. The maximum Gasteiger partial charge on any atom is 0.305 e. The Bertz CT molecular complexity index is 331. The average molecular weight is 224 g/mol. The van der Waals surface area contributed by atoms with Crippen LogP contribution in [-0.2, 0) is 16.0 Å². The first-order valence-corrected chi connectivity index (χ1v) is 5.03. The van der Waals surface area contributed by atoms with E-state index in [-0.39, 0.29) is 12.5 Å². The fourth-order valence-electron chi connectivity index (χ4n) is 1.46. The fraction of sp³-hybridized carbons (Fsp3) is 0.417. The van der Waals surface area contributed by atoms with E-state index in [1.54, 1.807) is 7.11 Å². The number of carboxylic acid groups (broad SMARTS) is 1. The third-order valence-corrected chi connectivity index (χ3v) is 2.36. The van der Waals surface area contributed by atoms with Crippen molar-refractivity contribution in [3.8, 4) is 5.75 Å². The van der Waals surface area contributed by atoms with Gasteiger partial charge in [0.2, 0.25) is 0 Å². The fourth-order valence-corrected chi connectivity index (χ4v) is 1.46. The minimum atomic E-state index is -0.847. The van der Waals surface area contributed by atoms with E-state index >= 15 is 0 Å². The Morgan fingerprint density at radius 1 is 1.31 bits per heavy atom. The number of ether oxygens (including phenoxy) is 2. The van der Waals surface area contributed by atoms with Gasteiger partial charge in [0.15, 0.2) is 0 Å². The number of carbonyl (C=O) groups is 1. The Morgan fingerprint density at radius 3 is 2.38 bits per heavy atom. The maximum atomic E-state index is 10.6. The topological polar surface area (TPSA) is 55.8 Å². The normalized spacial score (nSPS) is 12.1. The van der Waals surface area contributed by atoms with E-state index in [1.807, 2.05) is 24.3 Å². The lowest BCUT2D eigenvalue weighted by atomic mass is 10.1. The zero-order chi connectivity index (χ0) is 12.0. The molecule has 4 nitrogen and oxygen atoms in total. The minimum absolute atomic E-state index is 0.0164. The predicted octanol–water partition coefficient (Wildman–Crippen LogP) is 1.73. The van der Waals surface area contributed by atoms with Crippen molar-refractivity contribution in [2.24, 2.45) is 0 Å². The third kappa shape index (κ3) is 3.90. The van der Waals surface area contributed by atoms with Crippen molar-refractivity contribution in [1.82, 2.24) is 0 Å². The summed E-state index contributed by atoms with van der Waals surface area (Å²) in [5.41, 5.74) is 1.04. The molecule has 1 atom stereocenters. The molecule has 88 valence electrons. The summed E-state index contributed by atoms with van der Waals surface area (Å²) in [5, 5.41) is 8.68. The highest BCUT2D eigenvalue weighted by Crippen LogP contribution is 2.14. The molecule has 4 heteroatoms. The van der Waals surface area contributed by atoms with E-state index in [0.717, 1.165) is 11.3 Å². The van der Waals surface area contributed by atoms with Gasteiger partial charge in [-0.25, -0.2) is 0 Å². The van der Waals surface area contributed by atoms with Gasteiger partial charge in [0, 0.05) is 7.11 Å². The van der Waals surface area contributed by atoms with Gasteiger partial charge in [-0.3, -0.25) is 4.79 Å². The molecular weight excluding hydrogens is 208 g/mol. The van der Waals surface area contributed by atoms with E-state index < -0.39 is 5.97 Å². The van der Waals surface area contributed by atoms with Crippen molar-refractivity contribution < 1.29 is 19.4 Å². The number of methoxy groups -OCH3 is 2. The lowest BCUT2D eigenvalue weighted by molar-refractivity contribution is -0.139. The van der Waals surface area contributed by atoms with E-state index in [0.29, 0.717) is 6.42 Å². The second kappa shape index (κ2) is 6.12. The van der Waals surface area contributed by atoms with Crippen LogP contribution >= 0.6 is 0 Å². The number of hydrogen-bond donors (Lipinski definition) is 1. The molecule has 0 fully saturated rings. The molecule has 0 aromatic heterocycles. The van der Waals surface area contributed by atoms with Crippen LogP contribution < -0.4 is 4.74 Å². The molecule has 0 aliphatic heterocycles. The molecule has 1 rings (SSSR count). The Kier molecular flexibility index (Phi) is 4.79. The summed E-state index contributed by atoms with van der Waals surface area (Å²) in [6.45, 7) is 0. The molecule has 1 unspecified atom stereocenters. The van der Waals surface area contributed by atoms with Crippen LogP contribution in [0.25, 0.3) is 0 Å². The van der Waals surface area contributed by atoms with Gasteiger partial charge in [0.1, 0.15) is 5.75 Å². The second-order valence-electron chi connectivity index (χ2n) is 3.51. The Morgan fingerprint density at radius 2 is 1.94 bits per heavy atom. The average Bonchev–Trinajstić information content (AvgIpc) is 2.28. The number of carboxylic acids is 1. The molecule has 0 aliphatic carbocycles. The molecule has 1 aromatic rings. The molecule has 1 N–H and O–H groups in total. The molecule has 0 spiro atoms. The monoisotopic (exact) mass is 224 g/mol. The molecular formula is C12H16O4. The maximum absolute atomic E-state index is 10.6. The molecule has 0 saturated carbocycles. The van der Waals surface area contributed by atoms with Crippen molar-refractivity contribution in [2.45, 2.75) is 18.9 Å². The van der Waals surface area contributed by atoms with Gasteiger partial charge in [0.25, 0.3) is 0 Å². The van der Waals surface area contributed by atoms with Crippen LogP contribution in [0.4, 0.5) is 0 Å². The predicted molar refractivity (Wildman–Crippen MR) is 59.7 cm³/mol. The zero-order valence-corrected chi connectivity index (χ0v) is 9.47. The van der Waals surface area contributed by atoms with E-state index in [9.17, 15) is 4.79 Å². The molecule has 0 bridgehead atoms. The Labute approximate surface area is 94.8 Å². The highest BCUT2D eigenvalue weighted by atomic mass is 16.5. The molecule has 0 aliphatic rings. The van der Waals surface area contributed by atoms with Gasteiger partial charge in [-0.1, -0.05) is 12.1 Å². The highest BCUT2D eigenvalue weighted by Gasteiger charge is 2.12. The molecule has 0 heterocycles. The molecule has 0 radical (unpaired) electrons. The summed E-state index contributed by atoms with van der Waals surface area (Å²) in [4.78, 5) is 10.6. The summed E-state index contributed by atoms with van der Waals surface area (Å²) in [7, 11) is 3.13. The van der Waals surface area contributed by atoms with Crippen LogP contribution in [0.15, 0.2) is 24.3 Å². The van der Waals surface area contributed by atoms with Crippen LogP contribution in [0.1, 0.15) is 12.0 Å². The van der Waals surface area contributed by atoms with Crippen LogP contribution in [0.5, 0.6) is 5.75 Å². The smallest absolute Gasteiger partial charge is 0.305 e. The van der Waals surface area contributed by atoms with Crippen LogP contribution in [-0.4, -0.2) is 31.4 Å². The van der Waals surface area contributed by atoms with Gasteiger partial charge in [-0.05, 0) is 24.1 Å². The molecule has 0 saturated heterocycles. The van der Waals surface area contributed by atoms with Crippen molar-refractivity contribution in [3.05, 3.63) is 29.8 Å². The Hall–Kier alpha value is -1.55. The number of rotatable bonds is 6. The SMILES string of the molecule is COc1ccc(CC(CC(=O)O)OC)cc1. The molecule has 1 aromatic carbocycles. The number of aliphatic carboxylic acids is 1. The van der Waals surface area contributed by atoms with Gasteiger partial charge < -0.3 is 14.6 Å². The minimum Gasteiger partial charge on any atom is -0.497 e.